The Bertz CT molecular complexity index is 774. The van der Waals surface area contributed by atoms with Crippen molar-refractivity contribution in [3.05, 3.63) is 52.3 Å². The van der Waals surface area contributed by atoms with Crippen molar-refractivity contribution >= 4 is 17.8 Å². The minimum absolute atomic E-state index is 0.0301. The minimum atomic E-state index is -0.445. The molecule has 1 N–H and O–H groups in total. The van der Waals surface area contributed by atoms with E-state index in [0.29, 0.717) is 11.5 Å². The van der Waals surface area contributed by atoms with Crippen molar-refractivity contribution < 1.29 is 14.1 Å². The van der Waals surface area contributed by atoms with Crippen LogP contribution in [0.15, 0.2) is 45.9 Å². The zero-order chi connectivity index (χ0) is 17.6. The molecule has 3 rings (SSSR count). The summed E-state index contributed by atoms with van der Waals surface area (Å²) in [5, 5.41) is 14.6. The van der Waals surface area contributed by atoms with Gasteiger partial charge in [0.05, 0.1) is 11.1 Å². The van der Waals surface area contributed by atoms with Crippen molar-refractivity contribution in [1.29, 1.82) is 0 Å². The number of non-ortho nitro benzene ring substituents is 1. The van der Waals surface area contributed by atoms with Gasteiger partial charge in [-0.3, -0.25) is 14.9 Å². The summed E-state index contributed by atoms with van der Waals surface area (Å²) in [6, 6.07) is 9.59. The second-order valence-corrected chi connectivity index (χ2v) is 6.08. The summed E-state index contributed by atoms with van der Waals surface area (Å²) < 4.78 is 5.63. The summed E-state index contributed by atoms with van der Waals surface area (Å²) in [6.07, 6.45) is 6.69. The Balaban J connectivity index is 1.59. The molecule has 1 aromatic heterocycles. The van der Waals surface area contributed by atoms with Crippen LogP contribution in [0, 0.1) is 16.0 Å². The molecule has 130 valence electrons. The molecule has 0 atom stereocenters. The van der Waals surface area contributed by atoms with Gasteiger partial charge in [-0.25, -0.2) is 5.43 Å². The van der Waals surface area contributed by atoms with Crippen molar-refractivity contribution in [2.75, 3.05) is 0 Å². The Labute approximate surface area is 144 Å². The molecule has 1 aliphatic carbocycles. The average molecular weight is 341 g/mol. The molecule has 1 aliphatic rings. The Kier molecular flexibility index (Phi) is 5.23. The number of nitro groups is 1. The second-order valence-electron chi connectivity index (χ2n) is 6.08. The number of nitrogens with one attached hydrogen (secondary N) is 1. The average Bonchev–Trinajstić information content (AvgIpc) is 3.11. The van der Waals surface area contributed by atoms with Gasteiger partial charge in [0.2, 0.25) is 5.91 Å². The predicted molar refractivity (Wildman–Crippen MR) is 93.1 cm³/mol. The lowest BCUT2D eigenvalue weighted by Gasteiger charge is -2.19. The van der Waals surface area contributed by atoms with Gasteiger partial charge in [0, 0.05) is 23.6 Å². The van der Waals surface area contributed by atoms with E-state index in [-0.39, 0.29) is 17.5 Å². The highest BCUT2D eigenvalue weighted by Crippen LogP contribution is 2.25. The molecule has 0 saturated heterocycles. The lowest BCUT2D eigenvalue weighted by atomic mass is 9.89. The van der Waals surface area contributed by atoms with E-state index < -0.39 is 4.92 Å². The van der Waals surface area contributed by atoms with Crippen molar-refractivity contribution in [2.45, 2.75) is 32.1 Å². The molecule has 0 unspecified atom stereocenters. The molecule has 1 saturated carbocycles. The van der Waals surface area contributed by atoms with E-state index in [4.69, 9.17) is 4.42 Å². The molecule has 0 spiro atoms. The maximum absolute atomic E-state index is 12.0. The smallest absolute Gasteiger partial charge is 0.269 e. The first-order valence-corrected chi connectivity index (χ1v) is 8.31. The Morgan fingerprint density at radius 3 is 2.56 bits per heavy atom. The number of carbonyl (C=O) groups is 1. The summed E-state index contributed by atoms with van der Waals surface area (Å²) >= 11 is 0. The minimum Gasteiger partial charge on any atom is -0.455 e. The molecule has 0 radical (unpaired) electrons. The number of nitrogens with zero attached hydrogens (tertiary/aromatic N) is 2. The number of hydrazone groups is 1. The predicted octanol–water partition coefficient (Wildman–Crippen LogP) is 3.89. The number of carbonyl (C=O) groups excluding carboxylic acids is 1. The molecule has 7 heteroatoms. The highest BCUT2D eigenvalue weighted by Gasteiger charge is 2.20. The van der Waals surface area contributed by atoms with Crippen molar-refractivity contribution in [1.82, 2.24) is 5.43 Å². The molecular formula is C18H19N3O4. The summed E-state index contributed by atoms with van der Waals surface area (Å²) in [4.78, 5) is 22.2. The molecular weight excluding hydrogens is 322 g/mol. The largest absolute Gasteiger partial charge is 0.455 e. The van der Waals surface area contributed by atoms with Crippen LogP contribution in [0.4, 0.5) is 5.69 Å². The maximum Gasteiger partial charge on any atom is 0.269 e. The number of furan rings is 1. The monoisotopic (exact) mass is 341 g/mol. The van der Waals surface area contributed by atoms with Crippen LogP contribution in [0.25, 0.3) is 11.3 Å². The SMILES string of the molecule is O=C(N/N=C/c1ccc(-c2ccc([N+](=O)[O-])cc2)o1)C1CCCCC1. The van der Waals surface area contributed by atoms with Gasteiger partial charge in [-0.2, -0.15) is 5.10 Å². The fourth-order valence-electron chi connectivity index (χ4n) is 2.94. The molecule has 1 heterocycles. The Hall–Kier alpha value is -2.96. The van der Waals surface area contributed by atoms with Crippen LogP contribution in [0.2, 0.25) is 0 Å². The van der Waals surface area contributed by atoms with E-state index in [0.717, 1.165) is 31.2 Å². The number of hydrogen-bond acceptors (Lipinski definition) is 5. The van der Waals surface area contributed by atoms with Gasteiger partial charge < -0.3 is 4.42 Å². The van der Waals surface area contributed by atoms with Crippen molar-refractivity contribution in [3.8, 4) is 11.3 Å². The third-order valence-electron chi connectivity index (χ3n) is 4.33. The van der Waals surface area contributed by atoms with Crippen molar-refractivity contribution in [3.63, 3.8) is 0 Å². The van der Waals surface area contributed by atoms with Gasteiger partial charge >= 0.3 is 0 Å². The van der Waals surface area contributed by atoms with Crippen LogP contribution in [-0.4, -0.2) is 17.0 Å². The van der Waals surface area contributed by atoms with Gasteiger partial charge in [-0.15, -0.1) is 0 Å². The fourth-order valence-corrected chi connectivity index (χ4v) is 2.94. The first-order chi connectivity index (χ1) is 12.1. The van der Waals surface area contributed by atoms with Crippen molar-refractivity contribution in [2.24, 2.45) is 11.0 Å². The van der Waals surface area contributed by atoms with Crippen LogP contribution in [-0.2, 0) is 4.79 Å². The van der Waals surface area contributed by atoms with E-state index in [1.807, 2.05) is 0 Å². The molecule has 0 aliphatic heterocycles. The van der Waals surface area contributed by atoms with Crippen LogP contribution < -0.4 is 5.43 Å². The standard InChI is InChI=1S/C18H19N3O4/c22-18(14-4-2-1-3-5-14)20-19-12-16-10-11-17(25-16)13-6-8-15(9-7-13)21(23)24/h6-12,14H,1-5H2,(H,20,22)/b19-12+. The number of amides is 1. The molecule has 7 nitrogen and oxygen atoms in total. The van der Waals surface area contributed by atoms with Gasteiger partial charge in [-0.1, -0.05) is 19.3 Å². The lowest BCUT2D eigenvalue weighted by molar-refractivity contribution is -0.384. The van der Waals surface area contributed by atoms with Gasteiger partial charge in [0.25, 0.3) is 5.69 Å². The van der Waals surface area contributed by atoms with Gasteiger partial charge in [0.15, 0.2) is 0 Å². The van der Waals surface area contributed by atoms with Crippen LogP contribution in [0.5, 0.6) is 0 Å². The number of benzene rings is 1. The molecule has 25 heavy (non-hydrogen) atoms. The molecule has 0 bridgehead atoms. The Morgan fingerprint density at radius 2 is 1.88 bits per heavy atom. The molecule has 1 amide bonds. The quantitative estimate of drug-likeness (QED) is 0.507. The summed E-state index contributed by atoms with van der Waals surface area (Å²) in [7, 11) is 0. The van der Waals surface area contributed by atoms with E-state index in [1.165, 1.54) is 24.8 Å². The summed E-state index contributed by atoms with van der Waals surface area (Å²) in [5.41, 5.74) is 3.33. The molecule has 1 fully saturated rings. The lowest BCUT2D eigenvalue weighted by Crippen LogP contribution is -2.28. The number of hydrogen-bond donors (Lipinski definition) is 1. The zero-order valence-corrected chi connectivity index (χ0v) is 13.7. The Morgan fingerprint density at radius 1 is 1.16 bits per heavy atom. The fraction of sp³-hybridized carbons (Fsp3) is 0.333. The topological polar surface area (TPSA) is 97.7 Å². The molecule has 2 aromatic rings. The number of nitro benzene ring substituents is 1. The van der Waals surface area contributed by atoms with E-state index in [2.05, 4.69) is 10.5 Å². The van der Waals surface area contributed by atoms with Crippen LogP contribution in [0.3, 0.4) is 0 Å². The first kappa shape index (κ1) is 16.9. The van der Waals surface area contributed by atoms with E-state index in [9.17, 15) is 14.9 Å². The summed E-state index contributed by atoms with van der Waals surface area (Å²) in [5.74, 6) is 1.09. The maximum atomic E-state index is 12.0. The number of rotatable bonds is 5. The molecule has 1 aromatic carbocycles. The second kappa shape index (κ2) is 7.74. The van der Waals surface area contributed by atoms with Gasteiger partial charge in [-0.05, 0) is 37.1 Å². The van der Waals surface area contributed by atoms with E-state index >= 15 is 0 Å². The highest BCUT2D eigenvalue weighted by atomic mass is 16.6. The third-order valence-corrected chi connectivity index (χ3v) is 4.33. The highest BCUT2D eigenvalue weighted by molar-refractivity contribution is 5.82. The van der Waals surface area contributed by atoms with Crippen LogP contribution >= 0.6 is 0 Å². The van der Waals surface area contributed by atoms with Gasteiger partial charge in [0.1, 0.15) is 11.5 Å². The normalized spacial score (nSPS) is 15.4. The van der Waals surface area contributed by atoms with Crippen LogP contribution in [0.1, 0.15) is 37.9 Å². The van der Waals surface area contributed by atoms with E-state index in [1.54, 1.807) is 24.3 Å². The first-order valence-electron chi connectivity index (χ1n) is 8.31. The summed E-state index contributed by atoms with van der Waals surface area (Å²) in [6.45, 7) is 0. The zero-order valence-electron chi connectivity index (χ0n) is 13.7. The third kappa shape index (κ3) is 4.32.